The molecule has 17 heavy (non-hydrogen) atoms. The minimum atomic E-state index is -0.286. The second-order valence-electron chi connectivity index (χ2n) is 6.02. The molecule has 0 radical (unpaired) electrons. The molecule has 0 aromatic heterocycles. The predicted octanol–water partition coefficient (Wildman–Crippen LogP) is 2.04. The molecule has 2 fully saturated rings. The first-order chi connectivity index (χ1) is 8.24. The highest BCUT2D eigenvalue weighted by molar-refractivity contribution is 4.95. The molecule has 1 spiro atoms. The normalized spacial score (nSPS) is 26.5. The lowest BCUT2D eigenvalue weighted by Crippen LogP contribution is -2.56. The largest absolute Gasteiger partial charge is 0.391 e. The molecule has 1 saturated heterocycles. The Bertz CT molecular complexity index is 216. The highest BCUT2D eigenvalue weighted by Crippen LogP contribution is 2.42. The fourth-order valence-corrected chi connectivity index (χ4v) is 3.46. The van der Waals surface area contributed by atoms with Gasteiger partial charge in [-0.1, -0.05) is 25.7 Å². The minimum absolute atomic E-state index is 0.286. The van der Waals surface area contributed by atoms with Gasteiger partial charge in [-0.25, -0.2) is 0 Å². The van der Waals surface area contributed by atoms with Gasteiger partial charge in [0.15, 0.2) is 0 Å². The van der Waals surface area contributed by atoms with E-state index in [2.05, 4.69) is 4.90 Å². The summed E-state index contributed by atoms with van der Waals surface area (Å²) in [6, 6.07) is 0. The van der Waals surface area contributed by atoms with Crippen molar-refractivity contribution >= 4 is 0 Å². The van der Waals surface area contributed by atoms with E-state index >= 15 is 0 Å². The number of rotatable bonds is 5. The summed E-state index contributed by atoms with van der Waals surface area (Å²) in [4.78, 5) is 2.50. The van der Waals surface area contributed by atoms with E-state index in [1.54, 1.807) is 7.11 Å². The fraction of sp³-hybridized carbons (Fsp3) is 1.00. The van der Waals surface area contributed by atoms with E-state index in [1.807, 2.05) is 0 Å². The number of likely N-dealkylation sites (tertiary alicyclic amines) is 1. The average molecular weight is 241 g/mol. The smallest absolute Gasteiger partial charge is 0.0785 e. The molecule has 0 amide bonds. The van der Waals surface area contributed by atoms with Crippen LogP contribution < -0.4 is 0 Å². The lowest BCUT2D eigenvalue weighted by atomic mass is 9.73. The first-order valence-corrected chi connectivity index (χ1v) is 7.13. The van der Waals surface area contributed by atoms with Crippen LogP contribution in [0.2, 0.25) is 0 Å². The van der Waals surface area contributed by atoms with Crippen molar-refractivity contribution in [1.82, 2.24) is 4.90 Å². The van der Waals surface area contributed by atoms with Crippen molar-refractivity contribution in [1.29, 1.82) is 0 Å². The van der Waals surface area contributed by atoms with Gasteiger partial charge in [0.1, 0.15) is 0 Å². The minimum Gasteiger partial charge on any atom is -0.391 e. The van der Waals surface area contributed by atoms with Crippen LogP contribution in [0.5, 0.6) is 0 Å². The molecule has 1 aliphatic carbocycles. The van der Waals surface area contributed by atoms with Crippen LogP contribution in [-0.2, 0) is 4.74 Å². The van der Waals surface area contributed by atoms with Crippen LogP contribution in [0.1, 0.15) is 44.9 Å². The topological polar surface area (TPSA) is 32.7 Å². The molecule has 1 atom stereocenters. The van der Waals surface area contributed by atoms with E-state index in [4.69, 9.17) is 4.74 Å². The number of ether oxygens (including phenoxy) is 1. The van der Waals surface area contributed by atoms with Crippen LogP contribution in [0, 0.1) is 5.41 Å². The third kappa shape index (κ3) is 3.67. The van der Waals surface area contributed by atoms with Crippen molar-refractivity contribution in [3.8, 4) is 0 Å². The Morgan fingerprint density at radius 2 is 1.82 bits per heavy atom. The molecular formula is C14H27NO2. The Morgan fingerprint density at radius 1 is 1.18 bits per heavy atom. The zero-order valence-electron chi connectivity index (χ0n) is 11.2. The zero-order valence-corrected chi connectivity index (χ0v) is 11.2. The van der Waals surface area contributed by atoms with Gasteiger partial charge in [-0.2, -0.15) is 0 Å². The van der Waals surface area contributed by atoms with Gasteiger partial charge < -0.3 is 14.7 Å². The van der Waals surface area contributed by atoms with E-state index in [-0.39, 0.29) is 6.10 Å². The molecule has 1 heterocycles. The highest BCUT2D eigenvalue weighted by Gasteiger charge is 2.41. The number of aliphatic hydroxyl groups excluding tert-OH is 1. The second-order valence-corrected chi connectivity index (χ2v) is 6.02. The summed E-state index contributed by atoms with van der Waals surface area (Å²) in [6.07, 6.45) is 9.17. The first kappa shape index (κ1) is 13.3. The molecule has 2 rings (SSSR count). The van der Waals surface area contributed by atoms with E-state index in [1.165, 1.54) is 51.6 Å². The quantitative estimate of drug-likeness (QED) is 0.799. The van der Waals surface area contributed by atoms with Crippen LogP contribution in [0.4, 0.5) is 0 Å². The van der Waals surface area contributed by atoms with E-state index in [9.17, 15) is 5.11 Å². The molecule has 0 aromatic rings. The predicted molar refractivity (Wildman–Crippen MR) is 69.1 cm³/mol. The molecule has 1 aliphatic heterocycles. The molecule has 3 heteroatoms. The average Bonchev–Trinajstić information content (AvgIpc) is 2.50. The van der Waals surface area contributed by atoms with Gasteiger partial charge in [0.05, 0.1) is 12.7 Å². The van der Waals surface area contributed by atoms with Gasteiger partial charge in [-0.15, -0.1) is 0 Å². The van der Waals surface area contributed by atoms with Gasteiger partial charge in [0.2, 0.25) is 0 Å². The van der Waals surface area contributed by atoms with Crippen molar-refractivity contribution < 1.29 is 9.84 Å². The molecule has 1 N–H and O–H groups in total. The monoisotopic (exact) mass is 241 g/mol. The maximum Gasteiger partial charge on any atom is 0.0785 e. The maximum atomic E-state index is 9.61. The fourth-order valence-electron chi connectivity index (χ4n) is 3.46. The lowest BCUT2D eigenvalue weighted by molar-refractivity contribution is -0.0254. The van der Waals surface area contributed by atoms with Crippen LogP contribution >= 0.6 is 0 Å². The number of hydrogen-bond donors (Lipinski definition) is 1. The Kier molecular flexibility index (Phi) is 4.83. The molecule has 1 saturated carbocycles. The zero-order chi connectivity index (χ0) is 12.1. The Balaban J connectivity index is 1.64. The van der Waals surface area contributed by atoms with Crippen molar-refractivity contribution in [2.24, 2.45) is 5.41 Å². The maximum absolute atomic E-state index is 9.61. The standard InChI is InChI=1S/C14H27NO2/c1-17-10-13(16)6-9-15-11-14(12-15)7-4-2-3-5-8-14/h13,16H,2-12H2,1H3. The summed E-state index contributed by atoms with van der Waals surface area (Å²) in [7, 11) is 1.65. The summed E-state index contributed by atoms with van der Waals surface area (Å²) in [5, 5.41) is 9.61. The number of methoxy groups -OCH3 is 1. The van der Waals surface area contributed by atoms with Gasteiger partial charge >= 0.3 is 0 Å². The van der Waals surface area contributed by atoms with Crippen LogP contribution in [0.25, 0.3) is 0 Å². The van der Waals surface area contributed by atoms with Gasteiger partial charge in [-0.3, -0.25) is 0 Å². The van der Waals surface area contributed by atoms with Crippen LogP contribution in [0.3, 0.4) is 0 Å². The van der Waals surface area contributed by atoms with E-state index < -0.39 is 0 Å². The van der Waals surface area contributed by atoms with E-state index in [0.29, 0.717) is 12.0 Å². The van der Waals surface area contributed by atoms with Crippen LogP contribution in [0.15, 0.2) is 0 Å². The summed E-state index contributed by atoms with van der Waals surface area (Å²) in [6.45, 7) is 4.05. The summed E-state index contributed by atoms with van der Waals surface area (Å²) in [5.74, 6) is 0. The van der Waals surface area contributed by atoms with Gasteiger partial charge in [0, 0.05) is 26.7 Å². The van der Waals surface area contributed by atoms with Crippen molar-refractivity contribution in [2.75, 3.05) is 33.4 Å². The third-order valence-electron chi connectivity index (χ3n) is 4.42. The Labute approximate surface area is 105 Å². The number of aliphatic hydroxyl groups is 1. The molecule has 3 nitrogen and oxygen atoms in total. The van der Waals surface area contributed by atoms with Crippen LogP contribution in [-0.4, -0.2) is 49.5 Å². The SMILES string of the molecule is COCC(O)CCN1CC2(CCCCCC2)C1. The molecule has 2 aliphatic rings. The van der Waals surface area contributed by atoms with E-state index in [0.717, 1.165) is 13.0 Å². The highest BCUT2D eigenvalue weighted by atomic mass is 16.5. The third-order valence-corrected chi connectivity index (χ3v) is 4.42. The summed E-state index contributed by atoms with van der Waals surface area (Å²) in [5.41, 5.74) is 0.655. The summed E-state index contributed by atoms with van der Waals surface area (Å²) >= 11 is 0. The van der Waals surface area contributed by atoms with Gasteiger partial charge in [-0.05, 0) is 24.7 Å². The second kappa shape index (κ2) is 6.17. The summed E-state index contributed by atoms with van der Waals surface area (Å²) < 4.78 is 4.95. The van der Waals surface area contributed by atoms with Crippen molar-refractivity contribution in [2.45, 2.75) is 51.0 Å². The Hall–Kier alpha value is -0.120. The van der Waals surface area contributed by atoms with Gasteiger partial charge in [0.25, 0.3) is 0 Å². The molecule has 0 aromatic carbocycles. The van der Waals surface area contributed by atoms with Crippen molar-refractivity contribution in [3.63, 3.8) is 0 Å². The Morgan fingerprint density at radius 3 is 2.41 bits per heavy atom. The number of hydrogen-bond acceptors (Lipinski definition) is 3. The van der Waals surface area contributed by atoms with Crippen molar-refractivity contribution in [3.05, 3.63) is 0 Å². The lowest BCUT2D eigenvalue weighted by Gasteiger charge is -2.50. The molecule has 1 unspecified atom stereocenters. The number of nitrogens with zero attached hydrogens (tertiary/aromatic N) is 1. The molecular weight excluding hydrogens is 214 g/mol. The first-order valence-electron chi connectivity index (χ1n) is 7.13. The molecule has 0 bridgehead atoms. The molecule has 100 valence electrons.